The smallest absolute Gasteiger partial charge is 0.270 e. The number of amides is 2. The van der Waals surface area contributed by atoms with E-state index in [0.717, 1.165) is 30.2 Å². The Bertz CT molecular complexity index is 895. The van der Waals surface area contributed by atoms with E-state index in [1.807, 2.05) is 21.6 Å². The minimum atomic E-state index is -0.425. The number of hydrogen-bond acceptors (Lipinski definition) is 4. The third-order valence-electron chi connectivity index (χ3n) is 5.49. The Kier molecular flexibility index (Phi) is 5.99. The lowest BCUT2D eigenvalue weighted by molar-refractivity contribution is -0.118. The number of nitrogens with zero attached hydrogens (tertiary/aromatic N) is 2. The highest BCUT2D eigenvalue weighted by Gasteiger charge is 2.26. The normalized spacial score (nSPS) is 15.1. The van der Waals surface area contributed by atoms with Gasteiger partial charge in [0.2, 0.25) is 5.91 Å². The summed E-state index contributed by atoms with van der Waals surface area (Å²) in [5, 5.41) is 8.54. The fraction of sp³-hybridized carbons (Fsp3) is 0.450. The number of primary amides is 1. The van der Waals surface area contributed by atoms with Crippen LogP contribution in [-0.4, -0.2) is 46.8 Å². The van der Waals surface area contributed by atoms with Crippen LogP contribution in [0.1, 0.15) is 41.7 Å². The van der Waals surface area contributed by atoms with Gasteiger partial charge in [-0.05, 0) is 43.9 Å². The first-order chi connectivity index (χ1) is 13.4. The van der Waals surface area contributed by atoms with Crippen molar-refractivity contribution in [2.45, 2.75) is 32.2 Å². The van der Waals surface area contributed by atoms with Crippen LogP contribution in [0.2, 0.25) is 0 Å². The Hall–Kier alpha value is -2.87. The predicted molar refractivity (Wildman–Crippen MR) is 109 cm³/mol. The lowest BCUT2D eigenvalue weighted by Gasteiger charge is -2.32. The molecular weight excluding hydrogens is 356 g/mol. The van der Waals surface area contributed by atoms with E-state index in [0.29, 0.717) is 43.4 Å². The van der Waals surface area contributed by atoms with Gasteiger partial charge >= 0.3 is 0 Å². The molecule has 2 amide bonds. The van der Waals surface area contributed by atoms with Gasteiger partial charge in [0.1, 0.15) is 11.5 Å². The lowest BCUT2D eigenvalue weighted by atomic mass is 9.93. The van der Waals surface area contributed by atoms with Gasteiger partial charge in [-0.25, -0.2) is 0 Å². The number of hydrogen-bond donors (Lipinski definition) is 4. The monoisotopic (exact) mass is 384 g/mol. The summed E-state index contributed by atoms with van der Waals surface area (Å²) in [5.74, 6) is 0.0640. The SMILES string of the molecule is N=C(N)c1ccc2cc(C(=O)N3CCC(CCN)CC3)n(CCC(N)=O)c2c1. The molecule has 0 aliphatic carbocycles. The number of likely N-dealkylation sites (tertiary alicyclic amines) is 1. The average molecular weight is 384 g/mol. The van der Waals surface area contributed by atoms with Gasteiger partial charge < -0.3 is 26.7 Å². The zero-order valence-electron chi connectivity index (χ0n) is 16.0. The molecule has 0 saturated carbocycles. The molecule has 0 bridgehead atoms. The van der Waals surface area contributed by atoms with E-state index in [1.165, 1.54) is 0 Å². The molecule has 2 heterocycles. The van der Waals surface area contributed by atoms with Crippen LogP contribution in [0.15, 0.2) is 24.3 Å². The number of aryl methyl sites for hydroxylation is 1. The van der Waals surface area contributed by atoms with Crippen LogP contribution in [0.4, 0.5) is 0 Å². The van der Waals surface area contributed by atoms with Crippen molar-refractivity contribution in [1.82, 2.24) is 9.47 Å². The first-order valence-corrected chi connectivity index (χ1v) is 9.66. The maximum Gasteiger partial charge on any atom is 0.270 e. The van der Waals surface area contributed by atoms with Crippen LogP contribution in [0.25, 0.3) is 10.9 Å². The van der Waals surface area contributed by atoms with Gasteiger partial charge in [-0.2, -0.15) is 0 Å². The van der Waals surface area contributed by atoms with Gasteiger partial charge in [-0.1, -0.05) is 12.1 Å². The molecule has 0 spiro atoms. The second-order valence-electron chi connectivity index (χ2n) is 7.40. The molecule has 7 N–H and O–H groups in total. The van der Waals surface area contributed by atoms with Crippen LogP contribution in [-0.2, 0) is 11.3 Å². The van der Waals surface area contributed by atoms with Gasteiger partial charge in [-0.15, -0.1) is 0 Å². The van der Waals surface area contributed by atoms with Crippen molar-refractivity contribution in [2.75, 3.05) is 19.6 Å². The predicted octanol–water partition coefficient (Wildman–Crippen LogP) is 1.00. The van der Waals surface area contributed by atoms with E-state index >= 15 is 0 Å². The highest BCUT2D eigenvalue weighted by molar-refractivity contribution is 6.02. The fourth-order valence-electron chi connectivity index (χ4n) is 3.88. The first kappa shape index (κ1) is 19.9. The zero-order valence-corrected chi connectivity index (χ0v) is 16.0. The van der Waals surface area contributed by atoms with Crippen LogP contribution in [0, 0.1) is 11.3 Å². The van der Waals surface area contributed by atoms with E-state index < -0.39 is 5.91 Å². The average Bonchev–Trinajstić information content (AvgIpc) is 3.04. The number of nitrogen functional groups attached to an aromatic ring is 1. The van der Waals surface area contributed by atoms with Crippen molar-refractivity contribution in [3.05, 3.63) is 35.5 Å². The molecule has 1 saturated heterocycles. The Morgan fingerprint density at radius 3 is 2.46 bits per heavy atom. The molecule has 2 aromatic rings. The van der Waals surface area contributed by atoms with Gasteiger partial charge in [0.15, 0.2) is 0 Å². The molecule has 150 valence electrons. The zero-order chi connectivity index (χ0) is 20.3. The van der Waals surface area contributed by atoms with E-state index in [-0.39, 0.29) is 18.2 Å². The van der Waals surface area contributed by atoms with E-state index in [1.54, 1.807) is 12.1 Å². The number of rotatable bonds is 7. The van der Waals surface area contributed by atoms with Crippen LogP contribution >= 0.6 is 0 Å². The molecule has 1 aliphatic heterocycles. The Balaban J connectivity index is 1.92. The first-order valence-electron chi connectivity index (χ1n) is 9.66. The number of nitrogens with one attached hydrogen (secondary N) is 1. The molecule has 1 aromatic heterocycles. The topological polar surface area (TPSA) is 144 Å². The summed E-state index contributed by atoms with van der Waals surface area (Å²) in [4.78, 5) is 26.4. The standard InChI is InChI=1S/C20H28N6O2/c21-7-3-13-4-8-25(9-5-13)20(28)17-11-14-1-2-15(19(23)24)12-16(14)26(17)10-6-18(22)27/h1-2,11-13H,3-10,21H2,(H2,22,27)(H3,23,24). The highest BCUT2D eigenvalue weighted by Crippen LogP contribution is 2.26. The number of piperidine rings is 1. The lowest BCUT2D eigenvalue weighted by Crippen LogP contribution is -2.39. The Labute approximate surface area is 164 Å². The van der Waals surface area contributed by atoms with Crippen LogP contribution < -0.4 is 17.2 Å². The molecular formula is C20H28N6O2. The van der Waals surface area contributed by atoms with Crippen molar-refractivity contribution in [3.63, 3.8) is 0 Å². The molecule has 0 radical (unpaired) electrons. The molecule has 8 heteroatoms. The number of carbonyl (C=O) groups is 2. The Morgan fingerprint density at radius 2 is 1.86 bits per heavy atom. The van der Waals surface area contributed by atoms with E-state index in [9.17, 15) is 9.59 Å². The molecule has 8 nitrogen and oxygen atoms in total. The summed E-state index contributed by atoms with van der Waals surface area (Å²) in [5.41, 5.74) is 18.5. The molecule has 3 rings (SSSR count). The van der Waals surface area contributed by atoms with Crippen LogP contribution in [0.3, 0.4) is 0 Å². The molecule has 1 fully saturated rings. The summed E-state index contributed by atoms with van der Waals surface area (Å²) in [7, 11) is 0. The van der Waals surface area contributed by atoms with Gasteiger partial charge in [0.05, 0.1) is 0 Å². The van der Waals surface area contributed by atoms with Crippen LogP contribution in [0.5, 0.6) is 0 Å². The summed E-state index contributed by atoms with van der Waals surface area (Å²) in [6.45, 7) is 2.41. The fourth-order valence-corrected chi connectivity index (χ4v) is 3.88. The van der Waals surface area contributed by atoms with E-state index in [2.05, 4.69) is 0 Å². The summed E-state index contributed by atoms with van der Waals surface area (Å²) >= 11 is 0. The molecule has 1 aliphatic rings. The minimum Gasteiger partial charge on any atom is -0.384 e. The third-order valence-corrected chi connectivity index (χ3v) is 5.49. The van der Waals surface area contributed by atoms with E-state index in [4.69, 9.17) is 22.6 Å². The van der Waals surface area contributed by atoms with Crippen molar-refractivity contribution in [2.24, 2.45) is 23.1 Å². The van der Waals surface area contributed by atoms with Crippen molar-refractivity contribution >= 4 is 28.6 Å². The minimum absolute atomic E-state index is 0.0422. The van der Waals surface area contributed by atoms with Gasteiger partial charge in [0, 0.05) is 42.5 Å². The molecule has 0 atom stereocenters. The molecule has 28 heavy (non-hydrogen) atoms. The number of amidine groups is 1. The molecule has 0 unspecified atom stereocenters. The number of carbonyl (C=O) groups excluding carboxylic acids is 2. The van der Waals surface area contributed by atoms with Gasteiger partial charge in [-0.3, -0.25) is 15.0 Å². The summed E-state index contributed by atoms with van der Waals surface area (Å²) in [6.07, 6.45) is 3.04. The van der Waals surface area contributed by atoms with Gasteiger partial charge in [0.25, 0.3) is 5.91 Å². The number of nitrogens with two attached hydrogens (primary N) is 3. The van der Waals surface area contributed by atoms with Crippen molar-refractivity contribution in [3.8, 4) is 0 Å². The molecule has 1 aromatic carbocycles. The quantitative estimate of drug-likeness (QED) is 0.417. The third kappa shape index (κ3) is 4.17. The Morgan fingerprint density at radius 1 is 1.14 bits per heavy atom. The number of benzene rings is 1. The summed E-state index contributed by atoms with van der Waals surface area (Å²) in [6, 6.07) is 7.23. The maximum absolute atomic E-state index is 13.2. The highest BCUT2D eigenvalue weighted by atomic mass is 16.2. The number of fused-ring (bicyclic) bond motifs is 1. The second-order valence-corrected chi connectivity index (χ2v) is 7.40. The largest absolute Gasteiger partial charge is 0.384 e. The number of aromatic nitrogens is 1. The maximum atomic E-state index is 13.2. The summed E-state index contributed by atoms with van der Waals surface area (Å²) < 4.78 is 1.82. The van der Waals surface area contributed by atoms with Crippen molar-refractivity contribution < 1.29 is 9.59 Å². The second kappa shape index (κ2) is 8.43. The van der Waals surface area contributed by atoms with Crippen molar-refractivity contribution in [1.29, 1.82) is 5.41 Å².